The maximum absolute atomic E-state index is 13.2. The van der Waals surface area contributed by atoms with Crippen molar-refractivity contribution in [2.45, 2.75) is 12.5 Å². The van der Waals surface area contributed by atoms with Crippen molar-refractivity contribution in [3.8, 4) is 11.5 Å². The van der Waals surface area contributed by atoms with Crippen LogP contribution in [0.3, 0.4) is 0 Å². The number of ether oxygens (including phenoxy) is 2. The number of carbonyl (C=O) groups excluding carboxylic acids is 1. The summed E-state index contributed by atoms with van der Waals surface area (Å²) in [6.07, 6.45) is 4.06. The van der Waals surface area contributed by atoms with Crippen molar-refractivity contribution in [3.05, 3.63) is 83.7 Å². The van der Waals surface area contributed by atoms with Crippen molar-refractivity contribution in [2.75, 3.05) is 26.1 Å². The smallest absolute Gasteiger partial charge is 0.322 e. The van der Waals surface area contributed by atoms with Crippen LogP contribution in [0.5, 0.6) is 11.5 Å². The highest BCUT2D eigenvalue weighted by Gasteiger charge is 2.33. The lowest BCUT2D eigenvalue weighted by molar-refractivity contribution is 0.193. The Hall–Kier alpha value is -3.54. The summed E-state index contributed by atoms with van der Waals surface area (Å²) < 4.78 is 11.0. The summed E-state index contributed by atoms with van der Waals surface area (Å²) in [5.74, 6) is 1.35. The van der Waals surface area contributed by atoms with Gasteiger partial charge in [0.05, 0.1) is 32.1 Å². The molecule has 0 aliphatic carbocycles. The zero-order valence-corrected chi connectivity index (χ0v) is 16.5. The zero-order chi connectivity index (χ0) is 20.2. The molecule has 148 valence electrons. The topological polar surface area (TPSA) is 63.7 Å². The maximum atomic E-state index is 13.2. The van der Waals surface area contributed by atoms with E-state index in [4.69, 9.17) is 9.47 Å². The fraction of sp³-hybridized carbons (Fsp3) is 0.217. The fourth-order valence-corrected chi connectivity index (χ4v) is 3.79. The van der Waals surface area contributed by atoms with Crippen LogP contribution in [0.25, 0.3) is 0 Å². The Bertz CT molecular complexity index is 993. The van der Waals surface area contributed by atoms with Crippen molar-refractivity contribution in [3.63, 3.8) is 0 Å². The van der Waals surface area contributed by atoms with Gasteiger partial charge in [0.1, 0.15) is 0 Å². The van der Waals surface area contributed by atoms with Crippen LogP contribution in [0, 0.1) is 0 Å². The first kappa shape index (κ1) is 18.8. The number of anilines is 1. The minimum absolute atomic E-state index is 0.160. The number of amides is 2. The van der Waals surface area contributed by atoms with Crippen molar-refractivity contribution >= 4 is 11.7 Å². The number of rotatable bonds is 4. The summed E-state index contributed by atoms with van der Waals surface area (Å²) in [4.78, 5) is 19.1. The molecule has 0 saturated carbocycles. The average molecular weight is 389 g/mol. The van der Waals surface area contributed by atoms with Gasteiger partial charge in [-0.3, -0.25) is 4.98 Å². The molecule has 4 rings (SSSR count). The molecule has 1 aliphatic heterocycles. The Labute approximate surface area is 170 Å². The summed E-state index contributed by atoms with van der Waals surface area (Å²) in [6, 6.07) is 17.3. The molecule has 0 fully saturated rings. The molecule has 3 aromatic rings. The van der Waals surface area contributed by atoms with Gasteiger partial charge in [0.15, 0.2) is 11.5 Å². The summed E-state index contributed by atoms with van der Waals surface area (Å²) in [5, 5.41) is 2.96. The molecule has 0 radical (unpaired) electrons. The van der Waals surface area contributed by atoms with Gasteiger partial charge in [-0.1, -0.05) is 30.3 Å². The number of fused-ring (bicyclic) bond motifs is 1. The second-order valence-corrected chi connectivity index (χ2v) is 6.83. The van der Waals surface area contributed by atoms with E-state index < -0.39 is 0 Å². The molecule has 0 unspecified atom stereocenters. The van der Waals surface area contributed by atoms with Gasteiger partial charge in [0.2, 0.25) is 0 Å². The Balaban J connectivity index is 1.76. The van der Waals surface area contributed by atoms with Gasteiger partial charge in [0.25, 0.3) is 0 Å². The van der Waals surface area contributed by atoms with Crippen molar-refractivity contribution in [1.29, 1.82) is 0 Å². The van der Waals surface area contributed by atoms with Crippen molar-refractivity contribution in [2.24, 2.45) is 0 Å². The number of methoxy groups -OCH3 is 2. The number of hydrogen-bond donors (Lipinski definition) is 1. The molecule has 0 bridgehead atoms. The van der Waals surface area contributed by atoms with Gasteiger partial charge < -0.3 is 19.7 Å². The van der Waals surface area contributed by atoms with Crippen LogP contribution in [0.2, 0.25) is 0 Å². The van der Waals surface area contributed by atoms with E-state index in [0.29, 0.717) is 23.7 Å². The van der Waals surface area contributed by atoms with Crippen LogP contribution in [-0.4, -0.2) is 36.7 Å². The van der Waals surface area contributed by atoms with Crippen molar-refractivity contribution in [1.82, 2.24) is 9.88 Å². The largest absolute Gasteiger partial charge is 0.493 e. The molecular formula is C23H23N3O3. The third-order valence-corrected chi connectivity index (χ3v) is 5.16. The zero-order valence-electron chi connectivity index (χ0n) is 16.5. The first-order valence-electron chi connectivity index (χ1n) is 9.48. The minimum atomic E-state index is -0.226. The molecular weight excluding hydrogens is 366 g/mol. The number of carbonyl (C=O) groups is 1. The first-order chi connectivity index (χ1) is 14.2. The fourth-order valence-electron chi connectivity index (χ4n) is 3.79. The van der Waals surface area contributed by atoms with E-state index >= 15 is 0 Å². The van der Waals surface area contributed by atoms with E-state index in [2.05, 4.69) is 10.3 Å². The molecule has 0 saturated heterocycles. The Morgan fingerprint density at radius 2 is 1.83 bits per heavy atom. The van der Waals surface area contributed by atoms with Gasteiger partial charge in [-0.15, -0.1) is 0 Å². The summed E-state index contributed by atoms with van der Waals surface area (Å²) in [7, 11) is 3.26. The van der Waals surface area contributed by atoms with Gasteiger partial charge >= 0.3 is 6.03 Å². The lowest BCUT2D eigenvalue weighted by Gasteiger charge is -2.38. The molecule has 2 heterocycles. The average Bonchev–Trinajstić information content (AvgIpc) is 2.78. The number of hydrogen-bond acceptors (Lipinski definition) is 4. The van der Waals surface area contributed by atoms with Crippen LogP contribution >= 0.6 is 0 Å². The quantitative estimate of drug-likeness (QED) is 0.723. The van der Waals surface area contributed by atoms with Gasteiger partial charge in [-0.2, -0.15) is 0 Å². The van der Waals surface area contributed by atoms with E-state index in [0.717, 1.165) is 23.1 Å². The van der Waals surface area contributed by atoms with Gasteiger partial charge in [0, 0.05) is 12.7 Å². The highest BCUT2D eigenvalue weighted by Crippen LogP contribution is 2.41. The lowest BCUT2D eigenvalue weighted by atomic mass is 9.88. The third-order valence-electron chi connectivity index (χ3n) is 5.16. The van der Waals surface area contributed by atoms with Crippen LogP contribution < -0.4 is 14.8 Å². The van der Waals surface area contributed by atoms with Crippen LogP contribution in [0.4, 0.5) is 10.5 Å². The lowest BCUT2D eigenvalue weighted by Crippen LogP contribution is -2.43. The number of pyridine rings is 1. The second kappa shape index (κ2) is 8.22. The third kappa shape index (κ3) is 3.74. The molecule has 6 heteroatoms. The van der Waals surface area contributed by atoms with Crippen molar-refractivity contribution < 1.29 is 14.3 Å². The normalized spacial score (nSPS) is 15.4. The molecule has 2 amide bonds. The monoisotopic (exact) mass is 389 g/mol. The standard InChI is InChI=1S/C23H23N3O3/c1-28-20-13-17-10-12-26(23(27)25-18-9-6-11-24-15-18)22(16-7-4-3-5-8-16)19(17)14-21(20)29-2/h3-9,11,13-15,22H,10,12H2,1-2H3,(H,25,27)/t22-/m0/s1. The Kier molecular flexibility index (Phi) is 5.33. The minimum Gasteiger partial charge on any atom is -0.493 e. The molecule has 29 heavy (non-hydrogen) atoms. The van der Waals surface area contributed by atoms with Gasteiger partial charge in [-0.25, -0.2) is 4.79 Å². The van der Waals surface area contributed by atoms with E-state index in [-0.39, 0.29) is 12.1 Å². The van der Waals surface area contributed by atoms with Crippen LogP contribution in [0.1, 0.15) is 22.7 Å². The molecule has 1 aliphatic rings. The predicted octanol–water partition coefficient (Wildman–Crippen LogP) is 4.28. The number of nitrogens with one attached hydrogen (secondary N) is 1. The number of urea groups is 1. The van der Waals surface area contributed by atoms with Gasteiger partial charge in [-0.05, 0) is 47.4 Å². The van der Waals surface area contributed by atoms with Crippen LogP contribution in [-0.2, 0) is 6.42 Å². The summed E-state index contributed by atoms with van der Waals surface area (Å²) >= 11 is 0. The van der Waals surface area contributed by atoms with E-state index in [1.54, 1.807) is 32.7 Å². The van der Waals surface area contributed by atoms with E-state index in [9.17, 15) is 4.79 Å². The Morgan fingerprint density at radius 3 is 2.52 bits per heavy atom. The van der Waals surface area contributed by atoms with E-state index in [1.807, 2.05) is 53.4 Å². The molecule has 1 aromatic heterocycles. The molecule has 6 nitrogen and oxygen atoms in total. The number of nitrogens with zero attached hydrogens (tertiary/aromatic N) is 2. The van der Waals surface area contributed by atoms with E-state index in [1.165, 1.54) is 0 Å². The highest BCUT2D eigenvalue weighted by molar-refractivity contribution is 5.90. The maximum Gasteiger partial charge on any atom is 0.322 e. The number of aromatic nitrogens is 1. The van der Waals surface area contributed by atoms with Crippen LogP contribution in [0.15, 0.2) is 67.0 Å². The molecule has 1 N–H and O–H groups in total. The number of benzene rings is 2. The highest BCUT2D eigenvalue weighted by atomic mass is 16.5. The molecule has 2 aromatic carbocycles. The molecule has 1 atom stereocenters. The Morgan fingerprint density at radius 1 is 1.07 bits per heavy atom. The molecule has 0 spiro atoms. The summed E-state index contributed by atoms with van der Waals surface area (Å²) in [5.41, 5.74) is 3.91. The first-order valence-corrected chi connectivity index (χ1v) is 9.48. The predicted molar refractivity (Wildman–Crippen MR) is 111 cm³/mol. The SMILES string of the molecule is COc1cc2c(cc1OC)[C@H](c1ccccc1)N(C(=O)Nc1cccnc1)CC2. The summed E-state index contributed by atoms with van der Waals surface area (Å²) in [6.45, 7) is 0.591. The second-order valence-electron chi connectivity index (χ2n) is 6.83.